The summed E-state index contributed by atoms with van der Waals surface area (Å²) in [6.45, 7) is 3.92. The number of aromatic hydroxyl groups is 1. The van der Waals surface area contributed by atoms with Crippen LogP contribution in [0.3, 0.4) is 0 Å². The van der Waals surface area contributed by atoms with Gasteiger partial charge >= 0.3 is 0 Å². The molecule has 2 aromatic rings. The average molecular weight is 284 g/mol. The highest BCUT2D eigenvalue weighted by Gasteiger charge is 2.15. The van der Waals surface area contributed by atoms with Crippen molar-refractivity contribution in [1.29, 1.82) is 0 Å². The first-order chi connectivity index (χ1) is 10.1. The Morgan fingerprint density at radius 2 is 1.86 bits per heavy atom. The van der Waals surface area contributed by atoms with Gasteiger partial charge in [-0.25, -0.2) is 0 Å². The number of Topliss-reactive ketones (excluding diaryl/α,β-unsaturated/α-hetero) is 1. The highest BCUT2D eigenvalue weighted by molar-refractivity contribution is 5.97. The first-order valence-electron chi connectivity index (χ1n) is 7.16. The molecule has 0 aliphatic rings. The third-order valence-corrected chi connectivity index (χ3v) is 3.36. The van der Waals surface area contributed by atoms with E-state index in [1.165, 1.54) is 6.92 Å². The lowest BCUT2D eigenvalue weighted by Gasteiger charge is -2.14. The molecule has 0 aromatic heterocycles. The lowest BCUT2D eigenvalue weighted by molar-refractivity contribution is 0.101. The quantitative estimate of drug-likeness (QED) is 0.811. The van der Waals surface area contributed by atoms with Gasteiger partial charge in [0.15, 0.2) is 5.78 Å². The van der Waals surface area contributed by atoms with E-state index in [4.69, 9.17) is 4.74 Å². The van der Waals surface area contributed by atoms with Crippen molar-refractivity contribution in [3.8, 4) is 11.5 Å². The molecule has 0 spiro atoms. The molecule has 3 nitrogen and oxygen atoms in total. The number of phenols is 1. The minimum atomic E-state index is -0.139. The molecule has 0 unspecified atom stereocenters. The van der Waals surface area contributed by atoms with Crippen LogP contribution in [0.25, 0.3) is 0 Å². The van der Waals surface area contributed by atoms with Gasteiger partial charge in [-0.15, -0.1) is 0 Å². The third-order valence-electron chi connectivity index (χ3n) is 3.36. The first-order valence-corrected chi connectivity index (χ1v) is 7.16. The number of carbonyl (C=O) groups excluding carboxylic acids is 1. The van der Waals surface area contributed by atoms with E-state index in [1.54, 1.807) is 12.1 Å². The van der Waals surface area contributed by atoms with Crippen LogP contribution in [0.5, 0.6) is 11.5 Å². The number of benzene rings is 2. The monoisotopic (exact) mass is 284 g/mol. The van der Waals surface area contributed by atoms with Gasteiger partial charge in [0.25, 0.3) is 0 Å². The zero-order valence-corrected chi connectivity index (χ0v) is 12.4. The fourth-order valence-corrected chi connectivity index (χ4v) is 2.26. The Labute approximate surface area is 125 Å². The van der Waals surface area contributed by atoms with Crippen LogP contribution in [0.1, 0.15) is 41.8 Å². The summed E-state index contributed by atoms with van der Waals surface area (Å²) in [4.78, 5) is 11.5. The van der Waals surface area contributed by atoms with E-state index in [1.807, 2.05) is 37.3 Å². The van der Waals surface area contributed by atoms with Crippen molar-refractivity contribution >= 4 is 5.78 Å². The molecule has 0 saturated heterocycles. The normalized spacial score (nSPS) is 10.4. The van der Waals surface area contributed by atoms with E-state index in [-0.39, 0.29) is 11.5 Å². The summed E-state index contributed by atoms with van der Waals surface area (Å²) in [5.41, 5.74) is 2.13. The Hall–Kier alpha value is -2.29. The molecule has 110 valence electrons. The molecule has 0 saturated carbocycles. The molecule has 2 aromatic carbocycles. The molecule has 0 aliphatic carbocycles. The summed E-state index contributed by atoms with van der Waals surface area (Å²) in [7, 11) is 0. The predicted molar refractivity (Wildman–Crippen MR) is 82.9 cm³/mol. The van der Waals surface area contributed by atoms with E-state index in [0.29, 0.717) is 29.9 Å². The van der Waals surface area contributed by atoms with Crippen molar-refractivity contribution in [2.24, 2.45) is 0 Å². The van der Waals surface area contributed by atoms with Gasteiger partial charge in [-0.1, -0.05) is 43.7 Å². The molecule has 0 heterocycles. The summed E-state index contributed by atoms with van der Waals surface area (Å²) in [6.07, 6.45) is 1.55. The largest absolute Gasteiger partial charge is 0.507 e. The predicted octanol–water partition coefficient (Wildman–Crippen LogP) is 4.13. The molecular weight excluding hydrogens is 264 g/mol. The molecule has 0 bridgehead atoms. The van der Waals surface area contributed by atoms with E-state index >= 15 is 0 Å². The molecule has 21 heavy (non-hydrogen) atoms. The van der Waals surface area contributed by atoms with Crippen LogP contribution in [-0.2, 0) is 13.0 Å². The second-order valence-corrected chi connectivity index (χ2v) is 5.02. The number of ether oxygens (including phenoxy) is 1. The van der Waals surface area contributed by atoms with E-state index < -0.39 is 0 Å². The molecular formula is C18H20O3. The molecule has 0 radical (unpaired) electrons. The summed E-state index contributed by atoms with van der Waals surface area (Å²) < 4.78 is 5.82. The summed E-state index contributed by atoms with van der Waals surface area (Å²) >= 11 is 0. The summed E-state index contributed by atoms with van der Waals surface area (Å²) in [6, 6.07) is 13.2. The number of ketones is 1. The fourth-order valence-electron chi connectivity index (χ4n) is 2.26. The standard InChI is InChI=1S/C18H20O3/c1-3-7-16-17(11-10-15(13(2)19)18(16)20)21-12-14-8-5-4-6-9-14/h4-6,8-11,20H,3,7,12H2,1-2H3. The lowest BCUT2D eigenvalue weighted by Crippen LogP contribution is -2.02. The molecule has 2 rings (SSSR count). The maximum absolute atomic E-state index is 11.5. The van der Waals surface area contributed by atoms with Crippen LogP contribution in [0, 0.1) is 0 Å². The molecule has 0 fully saturated rings. The number of hydrogen-bond donors (Lipinski definition) is 1. The molecule has 0 amide bonds. The SMILES string of the molecule is CCCc1c(OCc2ccccc2)ccc(C(C)=O)c1O. The topological polar surface area (TPSA) is 46.5 Å². The van der Waals surface area contributed by atoms with Crippen molar-refractivity contribution in [3.63, 3.8) is 0 Å². The minimum absolute atomic E-state index is 0.0508. The van der Waals surface area contributed by atoms with Crippen LogP contribution in [0.2, 0.25) is 0 Å². The summed E-state index contributed by atoms with van der Waals surface area (Å²) in [5.74, 6) is 0.553. The van der Waals surface area contributed by atoms with E-state index in [0.717, 1.165) is 12.0 Å². The van der Waals surface area contributed by atoms with Gasteiger partial charge in [0.1, 0.15) is 18.1 Å². The van der Waals surface area contributed by atoms with Gasteiger partial charge in [0, 0.05) is 5.56 Å². The first kappa shape index (κ1) is 15.1. The molecule has 1 N–H and O–H groups in total. The maximum atomic E-state index is 11.5. The number of carbonyl (C=O) groups is 1. The van der Waals surface area contributed by atoms with Crippen molar-refractivity contribution in [3.05, 3.63) is 59.2 Å². The second-order valence-electron chi connectivity index (χ2n) is 5.02. The van der Waals surface area contributed by atoms with Gasteiger partial charge in [-0.3, -0.25) is 4.79 Å². The Balaban J connectivity index is 2.26. The minimum Gasteiger partial charge on any atom is -0.507 e. The van der Waals surface area contributed by atoms with Gasteiger partial charge < -0.3 is 9.84 Å². The smallest absolute Gasteiger partial charge is 0.163 e. The van der Waals surface area contributed by atoms with Crippen LogP contribution in [-0.4, -0.2) is 10.9 Å². The van der Waals surface area contributed by atoms with Gasteiger partial charge in [0.05, 0.1) is 5.56 Å². The summed E-state index contributed by atoms with van der Waals surface area (Å²) in [5, 5.41) is 10.3. The van der Waals surface area contributed by atoms with Gasteiger partial charge in [0.2, 0.25) is 0 Å². The van der Waals surface area contributed by atoms with Crippen LogP contribution in [0.15, 0.2) is 42.5 Å². The van der Waals surface area contributed by atoms with Gasteiger partial charge in [-0.05, 0) is 31.0 Å². The number of phenolic OH excluding ortho intramolecular Hbond substituents is 1. The third kappa shape index (κ3) is 3.63. The highest BCUT2D eigenvalue weighted by atomic mass is 16.5. The molecule has 3 heteroatoms. The number of rotatable bonds is 6. The van der Waals surface area contributed by atoms with Gasteiger partial charge in [-0.2, -0.15) is 0 Å². The highest BCUT2D eigenvalue weighted by Crippen LogP contribution is 2.33. The van der Waals surface area contributed by atoms with Crippen molar-refractivity contribution in [1.82, 2.24) is 0 Å². The lowest BCUT2D eigenvalue weighted by atomic mass is 10.0. The number of hydrogen-bond acceptors (Lipinski definition) is 3. The Morgan fingerprint density at radius 3 is 2.48 bits per heavy atom. The zero-order valence-electron chi connectivity index (χ0n) is 12.4. The van der Waals surface area contributed by atoms with Crippen molar-refractivity contribution in [2.75, 3.05) is 0 Å². The fraction of sp³-hybridized carbons (Fsp3) is 0.278. The van der Waals surface area contributed by atoms with Crippen LogP contribution >= 0.6 is 0 Å². The Morgan fingerprint density at radius 1 is 1.14 bits per heavy atom. The van der Waals surface area contributed by atoms with Crippen molar-refractivity contribution in [2.45, 2.75) is 33.3 Å². The van der Waals surface area contributed by atoms with Crippen molar-refractivity contribution < 1.29 is 14.6 Å². The van der Waals surface area contributed by atoms with E-state index in [9.17, 15) is 9.90 Å². The zero-order chi connectivity index (χ0) is 15.2. The Kier molecular flexibility index (Phi) is 4.99. The molecule has 0 atom stereocenters. The Bertz CT molecular complexity index is 618. The van der Waals surface area contributed by atoms with Crippen LogP contribution in [0.4, 0.5) is 0 Å². The van der Waals surface area contributed by atoms with E-state index in [2.05, 4.69) is 0 Å². The van der Waals surface area contributed by atoms with Crippen LogP contribution < -0.4 is 4.74 Å². The average Bonchev–Trinajstić information content (AvgIpc) is 2.48. The second kappa shape index (κ2) is 6.93. The maximum Gasteiger partial charge on any atom is 0.163 e. The molecule has 0 aliphatic heterocycles.